The fourth-order valence-electron chi connectivity index (χ4n) is 5.06. The maximum Gasteiger partial charge on any atom is 0.239 e. The summed E-state index contributed by atoms with van der Waals surface area (Å²) in [5, 5.41) is 5.73. The van der Waals surface area contributed by atoms with Crippen molar-refractivity contribution >= 4 is 23.1 Å². The Hall–Kier alpha value is -2.75. The summed E-state index contributed by atoms with van der Waals surface area (Å²) in [7, 11) is 0. The van der Waals surface area contributed by atoms with E-state index >= 15 is 0 Å². The van der Waals surface area contributed by atoms with E-state index in [1.807, 2.05) is 23.6 Å². The number of rotatable bonds is 8. The average molecular weight is 492 g/mol. The minimum Gasteiger partial charge on any atom is -0.309 e. The number of nitrogens with one attached hydrogen (secondary N) is 1. The Bertz CT molecular complexity index is 1090. The van der Waals surface area contributed by atoms with E-state index in [2.05, 4.69) is 35.1 Å². The summed E-state index contributed by atoms with van der Waals surface area (Å²) in [5.41, 5.74) is 1.35. The normalized spacial score (nSPS) is 19.5. The maximum atomic E-state index is 13.1. The topological polar surface area (TPSA) is 87.1 Å². The van der Waals surface area contributed by atoms with Crippen LogP contribution >= 0.6 is 11.3 Å². The quantitative estimate of drug-likeness (QED) is 0.502. The minimum absolute atomic E-state index is 0.0365. The second-order valence-corrected chi connectivity index (χ2v) is 10.3. The number of carbonyl (C=O) groups excluding carboxylic acids is 1. The van der Waals surface area contributed by atoms with Crippen LogP contribution in [0.1, 0.15) is 44.9 Å². The van der Waals surface area contributed by atoms with E-state index < -0.39 is 0 Å². The Labute approximate surface area is 210 Å². The monoisotopic (exact) mass is 491 g/mol. The largest absolute Gasteiger partial charge is 0.309 e. The van der Waals surface area contributed by atoms with Crippen molar-refractivity contribution < 1.29 is 4.79 Å². The van der Waals surface area contributed by atoms with Crippen LogP contribution in [0.4, 0.5) is 5.82 Å². The lowest BCUT2D eigenvalue weighted by Gasteiger charge is -2.37. The number of aromatic nitrogens is 4. The van der Waals surface area contributed by atoms with Gasteiger partial charge < -0.3 is 10.2 Å². The molecule has 1 amide bonds. The molecular weight excluding hydrogens is 458 g/mol. The van der Waals surface area contributed by atoms with E-state index in [1.165, 1.54) is 56.5 Å². The number of hydrogen-bond donors (Lipinski definition) is 1. The van der Waals surface area contributed by atoms with E-state index in [9.17, 15) is 4.79 Å². The Kier molecular flexibility index (Phi) is 8.07. The smallest absolute Gasteiger partial charge is 0.239 e. The molecule has 1 N–H and O–H groups in total. The summed E-state index contributed by atoms with van der Waals surface area (Å²) < 4.78 is 0. The number of likely N-dealkylation sites (tertiary alicyclic amines) is 2. The zero-order valence-electron chi connectivity index (χ0n) is 20.1. The van der Waals surface area contributed by atoms with Crippen LogP contribution in [-0.2, 0) is 4.79 Å². The number of amides is 1. The van der Waals surface area contributed by atoms with E-state index in [-0.39, 0.29) is 5.91 Å². The highest BCUT2D eigenvalue weighted by Gasteiger charge is 2.25. The first-order valence-corrected chi connectivity index (χ1v) is 13.6. The third-order valence-electron chi connectivity index (χ3n) is 6.86. The van der Waals surface area contributed by atoms with Crippen molar-refractivity contribution in [2.75, 3.05) is 38.0 Å². The Morgan fingerprint density at radius 1 is 1.00 bits per heavy atom. The molecule has 184 valence electrons. The van der Waals surface area contributed by atoms with Gasteiger partial charge in [0.25, 0.3) is 0 Å². The predicted octanol–water partition coefficient (Wildman–Crippen LogP) is 4.33. The number of piperidine rings is 2. The van der Waals surface area contributed by atoms with Crippen LogP contribution in [0.15, 0.2) is 42.0 Å². The molecule has 5 heterocycles. The summed E-state index contributed by atoms with van der Waals surface area (Å²) in [5.74, 6) is 0.925. The van der Waals surface area contributed by atoms with Crippen LogP contribution in [-0.4, -0.2) is 74.4 Å². The summed E-state index contributed by atoms with van der Waals surface area (Å²) >= 11 is 1.51. The number of pyridine rings is 1. The standard InChI is InChI=1S/C26H33N7OS/c34-24(19-33-15-7-3-8-20(33)10-16-32-13-5-1-6-14-32)30-23-18-22(26-28-12-17-35-26)29-25(31-23)21-9-2-4-11-27-21/h2,4,9,11-12,17-18,20H,1,3,5-8,10,13-16,19H2,(H,29,30,31,34). The van der Waals surface area contributed by atoms with Crippen LogP contribution in [0, 0.1) is 0 Å². The van der Waals surface area contributed by atoms with Gasteiger partial charge in [0.1, 0.15) is 22.2 Å². The van der Waals surface area contributed by atoms with Gasteiger partial charge in [0.15, 0.2) is 5.82 Å². The highest BCUT2D eigenvalue weighted by atomic mass is 32.1. The number of thiazole rings is 1. The molecule has 1 atom stereocenters. The molecule has 2 aliphatic rings. The number of carbonyl (C=O) groups is 1. The van der Waals surface area contributed by atoms with Gasteiger partial charge in [0.2, 0.25) is 5.91 Å². The molecule has 1 unspecified atom stereocenters. The molecule has 2 saturated heterocycles. The molecule has 0 spiro atoms. The van der Waals surface area contributed by atoms with Crippen molar-refractivity contribution in [1.82, 2.24) is 29.7 Å². The number of anilines is 1. The van der Waals surface area contributed by atoms with Crippen molar-refractivity contribution in [2.24, 2.45) is 0 Å². The first-order chi connectivity index (χ1) is 17.2. The minimum atomic E-state index is -0.0365. The summed E-state index contributed by atoms with van der Waals surface area (Å²) in [6.07, 6.45) is 12.2. The van der Waals surface area contributed by atoms with Crippen LogP contribution in [0.3, 0.4) is 0 Å². The predicted molar refractivity (Wildman–Crippen MR) is 139 cm³/mol. The highest BCUT2D eigenvalue weighted by molar-refractivity contribution is 7.13. The van der Waals surface area contributed by atoms with Crippen LogP contribution in [0.25, 0.3) is 22.2 Å². The molecule has 9 heteroatoms. The third-order valence-corrected chi connectivity index (χ3v) is 7.66. The Balaban J connectivity index is 1.27. The average Bonchev–Trinajstić information content (AvgIpc) is 3.44. The lowest BCUT2D eigenvalue weighted by atomic mass is 9.98. The zero-order chi connectivity index (χ0) is 23.9. The van der Waals surface area contributed by atoms with Crippen molar-refractivity contribution in [2.45, 2.75) is 51.0 Å². The van der Waals surface area contributed by atoms with E-state index in [0.717, 1.165) is 30.9 Å². The molecule has 0 aromatic carbocycles. The number of nitrogens with zero attached hydrogens (tertiary/aromatic N) is 6. The van der Waals surface area contributed by atoms with Crippen molar-refractivity contribution in [3.05, 3.63) is 42.0 Å². The lowest BCUT2D eigenvalue weighted by molar-refractivity contribution is -0.118. The number of hydrogen-bond acceptors (Lipinski definition) is 8. The first kappa shape index (κ1) is 24.0. The SMILES string of the molecule is O=C(CN1CCCCC1CCN1CCCCC1)Nc1cc(-c2nccs2)nc(-c2ccccn2)n1. The molecule has 5 rings (SSSR count). The van der Waals surface area contributed by atoms with E-state index in [1.54, 1.807) is 18.5 Å². The molecule has 0 aliphatic carbocycles. The van der Waals surface area contributed by atoms with Gasteiger partial charge in [-0.1, -0.05) is 18.9 Å². The molecule has 3 aromatic rings. The van der Waals surface area contributed by atoms with Gasteiger partial charge in [-0.3, -0.25) is 14.7 Å². The van der Waals surface area contributed by atoms with Gasteiger partial charge in [-0.05, 0) is 70.4 Å². The Morgan fingerprint density at radius 3 is 2.69 bits per heavy atom. The summed E-state index contributed by atoms with van der Waals surface area (Å²) in [4.78, 5) is 36.1. The van der Waals surface area contributed by atoms with Crippen LogP contribution in [0.5, 0.6) is 0 Å². The fourth-order valence-corrected chi connectivity index (χ4v) is 5.65. The zero-order valence-corrected chi connectivity index (χ0v) is 20.9. The molecule has 0 radical (unpaired) electrons. The van der Waals surface area contributed by atoms with E-state index in [0.29, 0.717) is 35.6 Å². The summed E-state index contributed by atoms with van der Waals surface area (Å²) in [6.45, 7) is 4.95. The van der Waals surface area contributed by atoms with Gasteiger partial charge in [-0.2, -0.15) is 0 Å². The molecule has 3 aromatic heterocycles. The van der Waals surface area contributed by atoms with Gasteiger partial charge in [0.05, 0.1) is 6.54 Å². The molecule has 2 fully saturated rings. The van der Waals surface area contributed by atoms with Gasteiger partial charge in [-0.15, -0.1) is 11.3 Å². The molecule has 0 saturated carbocycles. The van der Waals surface area contributed by atoms with Crippen LogP contribution < -0.4 is 5.32 Å². The third kappa shape index (κ3) is 6.48. The van der Waals surface area contributed by atoms with E-state index in [4.69, 9.17) is 0 Å². The van der Waals surface area contributed by atoms with Crippen molar-refractivity contribution in [3.63, 3.8) is 0 Å². The van der Waals surface area contributed by atoms with Crippen molar-refractivity contribution in [1.29, 1.82) is 0 Å². The van der Waals surface area contributed by atoms with Crippen molar-refractivity contribution in [3.8, 4) is 22.2 Å². The maximum absolute atomic E-state index is 13.1. The van der Waals surface area contributed by atoms with Gasteiger partial charge in [0, 0.05) is 29.9 Å². The summed E-state index contributed by atoms with van der Waals surface area (Å²) in [6, 6.07) is 7.90. The molecule has 2 aliphatic heterocycles. The lowest BCUT2D eigenvalue weighted by Crippen LogP contribution is -2.45. The van der Waals surface area contributed by atoms with Crippen LogP contribution in [0.2, 0.25) is 0 Å². The molecular formula is C26H33N7OS. The first-order valence-electron chi connectivity index (χ1n) is 12.7. The van der Waals surface area contributed by atoms with Gasteiger partial charge >= 0.3 is 0 Å². The molecule has 8 nitrogen and oxygen atoms in total. The fraction of sp³-hybridized carbons (Fsp3) is 0.500. The molecule has 0 bridgehead atoms. The second-order valence-electron chi connectivity index (χ2n) is 9.37. The Morgan fingerprint density at radius 2 is 1.89 bits per heavy atom. The van der Waals surface area contributed by atoms with Gasteiger partial charge in [-0.25, -0.2) is 15.0 Å². The highest BCUT2D eigenvalue weighted by Crippen LogP contribution is 2.25. The second kappa shape index (κ2) is 11.8. The molecule has 35 heavy (non-hydrogen) atoms.